The zero-order chi connectivity index (χ0) is 14.4. The average Bonchev–Trinajstić information content (AvgIpc) is 2.49. The van der Waals surface area contributed by atoms with Crippen LogP contribution in [0.15, 0.2) is 48.5 Å². The van der Waals surface area contributed by atoms with E-state index in [1.807, 2.05) is 30.3 Å². The van der Waals surface area contributed by atoms with Crippen LogP contribution >= 0.6 is 0 Å². The van der Waals surface area contributed by atoms with Gasteiger partial charge in [-0.05, 0) is 18.1 Å². The maximum absolute atomic E-state index is 9.73. The lowest BCUT2D eigenvalue weighted by molar-refractivity contribution is 0.364. The van der Waals surface area contributed by atoms with Crippen LogP contribution in [0.1, 0.15) is 11.1 Å². The summed E-state index contributed by atoms with van der Waals surface area (Å²) in [5, 5.41) is 9.73. The number of benzene rings is 2. The lowest BCUT2D eigenvalue weighted by Crippen LogP contribution is -1.93. The lowest BCUT2D eigenvalue weighted by atomic mass is 10.1. The Morgan fingerprint density at radius 2 is 1.70 bits per heavy atom. The highest BCUT2D eigenvalue weighted by atomic mass is 16.5. The molecule has 104 valence electrons. The van der Waals surface area contributed by atoms with Gasteiger partial charge >= 0.3 is 0 Å². The topological polar surface area (TPSA) is 38.7 Å². The van der Waals surface area contributed by atoms with Crippen LogP contribution in [0.25, 0.3) is 6.08 Å². The average molecular weight is 270 g/mol. The van der Waals surface area contributed by atoms with Crippen molar-refractivity contribution in [3.8, 4) is 17.2 Å². The highest BCUT2D eigenvalue weighted by Crippen LogP contribution is 2.34. The molecule has 0 aliphatic carbocycles. The molecule has 3 nitrogen and oxygen atoms in total. The summed E-state index contributed by atoms with van der Waals surface area (Å²) >= 11 is 0. The van der Waals surface area contributed by atoms with Crippen LogP contribution in [0.4, 0.5) is 0 Å². The van der Waals surface area contributed by atoms with Gasteiger partial charge in [-0.3, -0.25) is 0 Å². The Balaban J connectivity index is 2.18. The quantitative estimate of drug-likeness (QED) is 0.901. The van der Waals surface area contributed by atoms with Gasteiger partial charge in [0.15, 0.2) is 11.5 Å². The van der Waals surface area contributed by atoms with E-state index < -0.39 is 0 Å². The van der Waals surface area contributed by atoms with E-state index in [0.717, 1.165) is 11.1 Å². The first-order chi connectivity index (χ1) is 9.74. The number of phenolic OH excluding ortho intramolecular Hbond substituents is 1. The third kappa shape index (κ3) is 3.32. The molecule has 0 unspecified atom stereocenters. The Morgan fingerprint density at radius 3 is 2.35 bits per heavy atom. The molecule has 0 amide bonds. The van der Waals surface area contributed by atoms with E-state index in [0.29, 0.717) is 17.9 Å². The molecule has 0 atom stereocenters. The molecule has 0 saturated carbocycles. The lowest BCUT2D eigenvalue weighted by Gasteiger charge is -2.10. The summed E-state index contributed by atoms with van der Waals surface area (Å²) in [6.07, 6.45) is 4.82. The van der Waals surface area contributed by atoms with Gasteiger partial charge in [0, 0.05) is 11.6 Å². The monoisotopic (exact) mass is 270 g/mol. The van der Waals surface area contributed by atoms with Gasteiger partial charge in [-0.1, -0.05) is 42.5 Å². The van der Waals surface area contributed by atoms with Crippen molar-refractivity contribution in [1.82, 2.24) is 0 Å². The van der Waals surface area contributed by atoms with Crippen molar-refractivity contribution in [2.24, 2.45) is 0 Å². The van der Waals surface area contributed by atoms with Crippen molar-refractivity contribution in [2.45, 2.75) is 6.42 Å². The third-order valence-electron chi connectivity index (χ3n) is 3.03. The first-order valence-electron chi connectivity index (χ1n) is 6.40. The van der Waals surface area contributed by atoms with Crippen LogP contribution in [0, 0.1) is 0 Å². The molecule has 0 saturated heterocycles. The van der Waals surface area contributed by atoms with Crippen molar-refractivity contribution in [3.05, 3.63) is 59.7 Å². The van der Waals surface area contributed by atoms with E-state index in [2.05, 4.69) is 12.2 Å². The highest BCUT2D eigenvalue weighted by Gasteiger charge is 2.09. The van der Waals surface area contributed by atoms with E-state index in [9.17, 15) is 5.11 Å². The van der Waals surface area contributed by atoms with E-state index in [1.165, 1.54) is 7.11 Å². The van der Waals surface area contributed by atoms with E-state index in [4.69, 9.17) is 9.47 Å². The first kappa shape index (κ1) is 14.0. The summed E-state index contributed by atoms with van der Waals surface area (Å²) in [5.74, 6) is 1.19. The number of hydrogen-bond acceptors (Lipinski definition) is 3. The van der Waals surface area contributed by atoms with Gasteiger partial charge in [-0.25, -0.2) is 0 Å². The molecule has 2 rings (SSSR count). The second kappa shape index (κ2) is 6.66. The molecule has 0 aliphatic heterocycles. The predicted molar refractivity (Wildman–Crippen MR) is 80.4 cm³/mol. The molecule has 0 aromatic heterocycles. The molecule has 0 fully saturated rings. The van der Waals surface area contributed by atoms with Gasteiger partial charge in [0.05, 0.1) is 14.2 Å². The number of aromatic hydroxyl groups is 1. The maximum atomic E-state index is 9.73. The predicted octanol–water partition coefficient (Wildman–Crippen LogP) is 3.67. The molecular weight excluding hydrogens is 252 g/mol. The molecule has 0 heterocycles. The molecule has 2 aromatic rings. The number of rotatable bonds is 5. The fraction of sp³-hybridized carbons (Fsp3) is 0.176. The van der Waals surface area contributed by atoms with Crippen LogP contribution in [0.2, 0.25) is 0 Å². The number of hydrogen-bond donors (Lipinski definition) is 1. The maximum Gasteiger partial charge on any atom is 0.161 e. The van der Waals surface area contributed by atoms with E-state index in [-0.39, 0.29) is 5.75 Å². The smallest absolute Gasteiger partial charge is 0.161 e. The highest BCUT2D eigenvalue weighted by molar-refractivity contribution is 5.53. The van der Waals surface area contributed by atoms with Crippen molar-refractivity contribution in [1.29, 1.82) is 0 Å². The molecule has 20 heavy (non-hydrogen) atoms. The summed E-state index contributed by atoms with van der Waals surface area (Å²) in [7, 11) is 3.12. The van der Waals surface area contributed by atoms with E-state index in [1.54, 1.807) is 19.2 Å². The Morgan fingerprint density at radius 1 is 1.00 bits per heavy atom. The fourth-order valence-electron chi connectivity index (χ4n) is 1.99. The SMILES string of the molecule is COc1cc(C/C=C/c2ccccc2)c(OC)cc1O. The van der Waals surface area contributed by atoms with Crippen LogP contribution in [0.3, 0.4) is 0 Å². The Hall–Kier alpha value is -2.42. The van der Waals surface area contributed by atoms with Crippen LogP contribution in [0.5, 0.6) is 17.2 Å². The minimum absolute atomic E-state index is 0.0835. The Bertz CT molecular complexity index is 589. The molecule has 2 aromatic carbocycles. The fourth-order valence-corrected chi connectivity index (χ4v) is 1.99. The molecule has 0 radical (unpaired) electrons. The zero-order valence-electron chi connectivity index (χ0n) is 11.7. The normalized spacial score (nSPS) is 10.7. The Kier molecular flexibility index (Phi) is 4.66. The molecule has 0 aliphatic rings. The van der Waals surface area contributed by atoms with Gasteiger partial charge in [-0.15, -0.1) is 0 Å². The minimum Gasteiger partial charge on any atom is -0.504 e. The second-order valence-electron chi connectivity index (χ2n) is 4.35. The van der Waals surface area contributed by atoms with Crippen LogP contribution in [-0.2, 0) is 6.42 Å². The number of phenols is 1. The molecule has 0 spiro atoms. The second-order valence-corrected chi connectivity index (χ2v) is 4.35. The van der Waals surface area contributed by atoms with E-state index >= 15 is 0 Å². The number of methoxy groups -OCH3 is 2. The van der Waals surface area contributed by atoms with Gasteiger partial charge in [0.1, 0.15) is 5.75 Å². The molecule has 3 heteroatoms. The molecule has 1 N–H and O–H groups in total. The largest absolute Gasteiger partial charge is 0.504 e. The van der Waals surface area contributed by atoms with Crippen molar-refractivity contribution in [2.75, 3.05) is 14.2 Å². The van der Waals surface area contributed by atoms with Crippen molar-refractivity contribution < 1.29 is 14.6 Å². The van der Waals surface area contributed by atoms with Crippen molar-refractivity contribution >= 4 is 6.08 Å². The molecular formula is C17H18O3. The number of ether oxygens (including phenoxy) is 2. The summed E-state index contributed by atoms with van der Waals surface area (Å²) in [6, 6.07) is 13.5. The number of allylic oxidation sites excluding steroid dienone is 1. The van der Waals surface area contributed by atoms with Crippen LogP contribution in [-0.4, -0.2) is 19.3 Å². The standard InChI is InChI=1S/C17H18O3/c1-19-16-12-15(18)17(20-2)11-14(16)10-6-9-13-7-4-3-5-8-13/h3-9,11-12,18H,10H2,1-2H3/b9-6+. The van der Waals surface area contributed by atoms with Crippen LogP contribution < -0.4 is 9.47 Å². The summed E-state index contributed by atoms with van der Waals surface area (Å²) in [4.78, 5) is 0. The Labute approximate surface area is 119 Å². The molecule has 0 bridgehead atoms. The summed E-state index contributed by atoms with van der Waals surface area (Å²) in [6.45, 7) is 0. The van der Waals surface area contributed by atoms with Gasteiger partial charge in [0.25, 0.3) is 0 Å². The zero-order valence-corrected chi connectivity index (χ0v) is 11.7. The van der Waals surface area contributed by atoms with Gasteiger partial charge < -0.3 is 14.6 Å². The summed E-state index contributed by atoms with van der Waals surface area (Å²) in [5.41, 5.74) is 2.12. The van der Waals surface area contributed by atoms with Gasteiger partial charge in [0.2, 0.25) is 0 Å². The first-order valence-corrected chi connectivity index (χ1v) is 6.40. The third-order valence-corrected chi connectivity index (χ3v) is 3.03. The summed E-state index contributed by atoms with van der Waals surface area (Å²) < 4.78 is 10.4. The minimum atomic E-state index is 0.0835. The van der Waals surface area contributed by atoms with Crippen molar-refractivity contribution in [3.63, 3.8) is 0 Å². The van der Waals surface area contributed by atoms with Gasteiger partial charge in [-0.2, -0.15) is 0 Å².